The molecular formula is C12H18N4O. The van der Waals surface area contributed by atoms with Gasteiger partial charge in [0.05, 0.1) is 18.3 Å². The fourth-order valence-electron chi connectivity index (χ4n) is 2.15. The number of carbonyl (C=O) groups excluding carboxylic acids is 1. The van der Waals surface area contributed by atoms with Gasteiger partial charge in [0.25, 0.3) is 0 Å². The first-order valence-electron chi connectivity index (χ1n) is 5.88. The summed E-state index contributed by atoms with van der Waals surface area (Å²) in [5.74, 6) is 0.140. The Morgan fingerprint density at radius 3 is 3.00 bits per heavy atom. The minimum absolute atomic E-state index is 0.140. The van der Waals surface area contributed by atoms with Crippen molar-refractivity contribution in [1.29, 1.82) is 0 Å². The van der Waals surface area contributed by atoms with Crippen LogP contribution in [0.4, 0.5) is 0 Å². The third kappa shape index (κ3) is 2.79. The highest BCUT2D eigenvalue weighted by Gasteiger charge is 2.28. The average Bonchev–Trinajstić information content (AvgIpc) is 2.78. The van der Waals surface area contributed by atoms with Gasteiger partial charge in [-0.3, -0.25) is 19.7 Å². The van der Waals surface area contributed by atoms with Crippen LogP contribution in [-0.2, 0) is 4.79 Å². The molecule has 1 unspecified atom stereocenters. The average molecular weight is 234 g/mol. The number of hydrogen-bond donors (Lipinski definition) is 0. The van der Waals surface area contributed by atoms with Gasteiger partial charge in [-0.05, 0) is 19.4 Å². The van der Waals surface area contributed by atoms with Crippen LogP contribution in [0.2, 0.25) is 0 Å². The Hall–Kier alpha value is -1.49. The number of amides is 1. The van der Waals surface area contributed by atoms with Crippen LogP contribution < -0.4 is 0 Å². The summed E-state index contributed by atoms with van der Waals surface area (Å²) < 4.78 is 0. The third-order valence-electron chi connectivity index (χ3n) is 3.13. The van der Waals surface area contributed by atoms with Gasteiger partial charge in [-0.1, -0.05) is 0 Å². The summed E-state index contributed by atoms with van der Waals surface area (Å²) in [4.78, 5) is 24.0. The second-order valence-corrected chi connectivity index (χ2v) is 4.55. The van der Waals surface area contributed by atoms with E-state index < -0.39 is 0 Å². The zero-order valence-corrected chi connectivity index (χ0v) is 10.3. The normalized spacial score (nSPS) is 20.5. The Morgan fingerprint density at radius 1 is 1.53 bits per heavy atom. The molecular weight excluding hydrogens is 216 g/mol. The molecule has 0 saturated carbocycles. The zero-order valence-electron chi connectivity index (χ0n) is 10.3. The molecule has 0 N–H and O–H groups in total. The maximum Gasteiger partial charge on any atom is 0.236 e. The smallest absolute Gasteiger partial charge is 0.236 e. The molecule has 5 heteroatoms. The molecule has 2 rings (SSSR count). The SMILES string of the molecule is CN(C)C(=O)CN1CCCC1c1cnccn1. The monoisotopic (exact) mass is 234 g/mol. The topological polar surface area (TPSA) is 49.3 Å². The number of rotatable bonds is 3. The number of hydrogen-bond acceptors (Lipinski definition) is 4. The molecule has 0 aromatic carbocycles. The molecule has 1 aliphatic heterocycles. The van der Waals surface area contributed by atoms with Gasteiger partial charge in [0, 0.05) is 32.7 Å². The maximum absolute atomic E-state index is 11.7. The molecule has 0 bridgehead atoms. The minimum atomic E-state index is 0.140. The lowest BCUT2D eigenvalue weighted by molar-refractivity contribution is -0.130. The maximum atomic E-state index is 11.7. The highest BCUT2D eigenvalue weighted by Crippen LogP contribution is 2.29. The van der Waals surface area contributed by atoms with Gasteiger partial charge in [-0.2, -0.15) is 0 Å². The molecule has 0 aliphatic carbocycles. The summed E-state index contributed by atoms with van der Waals surface area (Å²) >= 11 is 0. The predicted molar refractivity (Wildman–Crippen MR) is 64.3 cm³/mol. The van der Waals surface area contributed by atoms with Crippen molar-refractivity contribution in [2.75, 3.05) is 27.2 Å². The van der Waals surface area contributed by atoms with Gasteiger partial charge in [-0.25, -0.2) is 0 Å². The van der Waals surface area contributed by atoms with Crippen molar-refractivity contribution >= 4 is 5.91 Å². The fraction of sp³-hybridized carbons (Fsp3) is 0.583. The summed E-state index contributed by atoms with van der Waals surface area (Å²) in [6, 6.07) is 0.243. The standard InChI is InChI=1S/C12H18N4O/c1-15(2)12(17)9-16-7-3-4-11(16)10-8-13-5-6-14-10/h5-6,8,11H,3-4,7,9H2,1-2H3. The van der Waals surface area contributed by atoms with Crippen molar-refractivity contribution in [2.24, 2.45) is 0 Å². The summed E-state index contributed by atoms with van der Waals surface area (Å²) in [5, 5.41) is 0. The first-order valence-corrected chi connectivity index (χ1v) is 5.88. The van der Waals surface area contributed by atoms with Gasteiger partial charge in [0.15, 0.2) is 0 Å². The predicted octanol–water partition coefficient (Wildman–Crippen LogP) is 0.702. The van der Waals surface area contributed by atoms with Gasteiger partial charge in [0.2, 0.25) is 5.91 Å². The highest BCUT2D eigenvalue weighted by molar-refractivity contribution is 5.77. The van der Waals surface area contributed by atoms with Crippen molar-refractivity contribution in [3.8, 4) is 0 Å². The van der Waals surface area contributed by atoms with Crippen molar-refractivity contribution in [1.82, 2.24) is 19.8 Å². The zero-order chi connectivity index (χ0) is 12.3. The molecule has 1 amide bonds. The van der Waals surface area contributed by atoms with Crippen LogP contribution in [0.3, 0.4) is 0 Å². The summed E-state index contributed by atoms with van der Waals surface area (Å²) in [5.41, 5.74) is 0.969. The van der Waals surface area contributed by atoms with E-state index in [2.05, 4.69) is 14.9 Å². The number of aromatic nitrogens is 2. The molecule has 1 aromatic heterocycles. The first-order chi connectivity index (χ1) is 8.18. The molecule has 1 aliphatic rings. The second-order valence-electron chi connectivity index (χ2n) is 4.55. The Balaban J connectivity index is 2.05. The van der Waals surface area contributed by atoms with E-state index in [4.69, 9.17) is 0 Å². The number of likely N-dealkylation sites (tertiary alicyclic amines) is 1. The van der Waals surface area contributed by atoms with E-state index in [1.807, 2.05) is 0 Å². The highest BCUT2D eigenvalue weighted by atomic mass is 16.2. The van der Waals surface area contributed by atoms with Gasteiger partial charge >= 0.3 is 0 Å². The van der Waals surface area contributed by atoms with Crippen LogP contribution >= 0.6 is 0 Å². The molecule has 1 atom stereocenters. The molecule has 5 nitrogen and oxygen atoms in total. The molecule has 1 saturated heterocycles. The van der Waals surface area contributed by atoms with Gasteiger partial charge in [0.1, 0.15) is 0 Å². The fourth-order valence-corrected chi connectivity index (χ4v) is 2.15. The van der Waals surface area contributed by atoms with Crippen LogP contribution in [0.1, 0.15) is 24.6 Å². The third-order valence-corrected chi connectivity index (χ3v) is 3.13. The lowest BCUT2D eigenvalue weighted by Gasteiger charge is -2.24. The Kier molecular flexibility index (Phi) is 3.68. The summed E-state index contributed by atoms with van der Waals surface area (Å²) in [7, 11) is 3.57. The van der Waals surface area contributed by atoms with E-state index in [-0.39, 0.29) is 11.9 Å². The molecule has 92 valence electrons. The molecule has 17 heavy (non-hydrogen) atoms. The van der Waals surface area contributed by atoms with Gasteiger partial charge in [-0.15, -0.1) is 0 Å². The lowest BCUT2D eigenvalue weighted by atomic mass is 10.1. The van der Waals surface area contributed by atoms with Crippen molar-refractivity contribution in [2.45, 2.75) is 18.9 Å². The molecule has 0 spiro atoms. The molecule has 2 heterocycles. The van der Waals surface area contributed by atoms with Crippen LogP contribution in [0.15, 0.2) is 18.6 Å². The summed E-state index contributed by atoms with van der Waals surface area (Å²) in [6.07, 6.45) is 7.35. The van der Waals surface area contributed by atoms with Crippen molar-refractivity contribution in [3.05, 3.63) is 24.3 Å². The van der Waals surface area contributed by atoms with E-state index in [1.54, 1.807) is 37.6 Å². The lowest BCUT2D eigenvalue weighted by Crippen LogP contribution is -2.36. The van der Waals surface area contributed by atoms with Gasteiger partial charge < -0.3 is 4.90 Å². The quantitative estimate of drug-likeness (QED) is 0.772. The number of nitrogens with zero attached hydrogens (tertiary/aromatic N) is 4. The van der Waals surface area contributed by atoms with Crippen LogP contribution in [0.5, 0.6) is 0 Å². The van der Waals surface area contributed by atoms with E-state index in [9.17, 15) is 4.79 Å². The van der Waals surface area contributed by atoms with Crippen LogP contribution in [-0.4, -0.2) is 52.9 Å². The van der Waals surface area contributed by atoms with E-state index in [0.717, 1.165) is 25.1 Å². The molecule has 1 aromatic rings. The van der Waals surface area contributed by atoms with E-state index >= 15 is 0 Å². The van der Waals surface area contributed by atoms with Crippen LogP contribution in [0.25, 0.3) is 0 Å². The number of likely N-dealkylation sites (N-methyl/N-ethyl adjacent to an activating group) is 1. The Morgan fingerprint density at radius 2 is 2.35 bits per heavy atom. The number of carbonyl (C=O) groups is 1. The Bertz CT molecular complexity index is 379. The van der Waals surface area contributed by atoms with E-state index in [1.165, 1.54) is 0 Å². The second kappa shape index (κ2) is 5.23. The van der Waals surface area contributed by atoms with Crippen molar-refractivity contribution < 1.29 is 4.79 Å². The Labute approximate surface area is 101 Å². The van der Waals surface area contributed by atoms with Crippen molar-refractivity contribution in [3.63, 3.8) is 0 Å². The molecule has 1 fully saturated rings. The summed E-state index contributed by atoms with van der Waals surface area (Å²) in [6.45, 7) is 1.43. The van der Waals surface area contributed by atoms with Crippen LogP contribution in [0, 0.1) is 0 Å². The minimum Gasteiger partial charge on any atom is -0.348 e. The first kappa shape index (κ1) is 12.0. The van der Waals surface area contributed by atoms with E-state index in [0.29, 0.717) is 6.54 Å². The molecule has 0 radical (unpaired) electrons. The largest absolute Gasteiger partial charge is 0.348 e.